The number of ether oxygens (including phenoxy) is 1. The Morgan fingerprint density at radius 1 is 0.755 bits per heavy atom. The molecule has 0 spiro atoms. The highest BCUT2D eigenvalue weighted by Gasteiger charge is 2.46. The predicted molar refractivity (Wildman–Crippen MR) is 222 cm³/mol. The molecule has 0 saturated carbocycles. The highest BCUT2D eigenvalue weighted by atomic mass is 28.4. The van der Waals surface area contributed by atoms with Crippen molar-refractivity contribution in [3.63, 3.8) is 0 Å². The van der Waals surface area contributed by atoms with Gasteiger partial charge in [-0.3, -0.25) is 0 Å². The fraction of sp³-hybridized carbons (Fsp3) is 0.857. The highest BCUT2D eigenvalue weighted by Crippen LogP contribution is 2.47. The van der Waals surface area contributed by atoms with E-state index in [1.54, 1.807) is 0 Å². The Morgan fingerprint density at radius 2 is 1.16 bits per heavy atom. The Bertz CT molecular complexity index is 1210. The van der Waals surface area contributed by atoms with Gasteiger partial charge in [-0.15, -0.1) is 0 Å². The molecule has 1 heterocycles. The average Bonchev–Trinajstić information content (AvgIpc) is 2.89. The van der Waals surface area contributed by atoms with Crippen molar-refractivity contribution in [2.75, 3.05) is 0 Å². The first-order valence-electron chi connectivity index (χ1n) is 19.5. The smallest absolute Gasteiger partial charge is 0.250 e. The van der Waals surface area contributed by atoms with Crippen LogP contribution in [0.3, 0.4) is 0 Å². The summed E-state index contributed by atoms with van der Waals surface area (Å²) in [4.78, 5) is 0. The van der Waals surface area contributed by atoms with Gasteiger partial charge in [0.15, 0.2) is 8.32 Å². The topological polar surface area (TPSA) is 36.9 Å². The lowest BCUT2D eigenvalue weighted by atomic mass is 9.68. The van der Waals surface area contributed by atoms with Crippen LogP contribution in [0.5, 0.6) is 11.5 Å². The summed E-state index contributed by atoms with van der Waals surface area (Å²) < 4.78 is 28.5. The Morgan fingerprint density at radius 3 is 1.55 bits per heavy atom. The fourth-order valence-corrected chi connectivity index (χ4v) is 9.83. The molecule has 0 N–H and O–H groups in total. The van der Waals surface area contributed by atoms with E-state index >= 15 is 0 Å². The average molecular weight is 735 g/mol. The van der Waals surface area contributed by atoms with Crippen molar-refractivity contribution in [1.82, 2.24) is 0 Å². The van der Waals surface area contributed by atoms with Crippen molar-refractivity contribution < 1.29 is 18.0 Å². The van der Waals surface area contributed by atoms with Gasteiger partial charge in [-0.2, -0.15) is 0 Å². The van der Waals surface area contributed by atoms with E-state index in [2.05, 4.69) is 163 Å². The van der Waals surface area contributed by atoms with Crippen molar-refractivity contribution in [2.45, 2.75) is 210 Å². The molecule has 49 heavy (non-hydrogen) atoms. The molecule has 1 aromatic carbocycles. The van der Waals surface area contributed by atoms with Gasteiger partial charge in [0.25, 0.3) is 0 Å². The first kappa shape index (κ1) is 44.6. The molecule has 286 valence electrons. The molecule has 6 atom stereocenters. The molecule has 1 aliphatic heterocycles. The SMILES string of the molecule is Cc1c(O[Si](C)(C)C(C)(C)C)cc(O[Si](C)(C)C(C)(C)C)c(C)c1C[C@@H](O[Si](C)(C)C(C)(C)C)[C@H](C)[C@@H](C)C[C@H]1OC(C)C[C@@H](C)C1(C)C. The van der Waals surface area contributed by atoms with Gasteiger partial charge in [0.2, 0.25) is 16.6 Å². The van der Waals surface area contributed by atoms with Gasteiger partial charge in [0, 0.05) is 6.07 Å². The Labute approximate surface area is 309 Å². The lowest BCUT2D eigenvalue weighted by Gasteiger charge is -2.48. The maximum absolute atomic E-state index is 7.51. The van der Waals surface area contributed by atoms with Gasteiger partial charge in [-0.1, -0.05) is 96.9 Å². The van der Waals surface area contributed by atoms with Crippen LogP contribution in [0.2, 0.25) is 54.4 Å². The summed E-state index contributed by atoms with van der Waals surface area (Å²) in [6.07, 6.45) is 3.65. The molecule has 0 amide bonds. The largest absolute Gasteiger partial charge is 0.543 e. The molecule has 1 fully saturated rings. The molecular weight excluding hydrogens is 653 g/mol. The minimum Gasteiger partial charge on any atom is -0.543 e. The zero-order chi connectivity index (χ0) is 38.5. The second-order valence-corrected chi connectivity index (χ2v) is 35.6. The lowest BCUT2D eigenvalue weighted by Crippen LogP contribution is -2.49. The van der Waals surface area contributed by atoms with Crippen molar-refractivity contribution in [2.24, 2.45) is 23.2 Å². The maximum atomic E-state index is 7.51. The van der Waals surface area contributed by atoms with Crippen molar-refractivity contribution in [3.8, 4) is 11.5 Å². The highest BCUT2D eigenvalue weighted by molar-refractivity contribution is 6.75. The quantitative estimate of drug-likeness (QED) is 0.200. The van der Waals surface area contributed by atoms with Gasteiger partial charge in [-0.05, 0) is 134 Å². The van der Waals surface area contributed by atoms with Crippen LogP contribution in [0.1, 0.15) is 133 Å². The Hall–Kier alpha value is -0.609. The second-order valence-electron chi connectivity index (χ2n) is 21.4. The predicted octanol–water partition coefficient (Wildman–Crippen LogP) is 13.5. The van der Waals surface area contributed by atoms with Crippen LogP contribution in [-0.2, 0) is 15.6 Å². The van der Waals surface area contributed by atoms with Crippen LogP contribution in [0, 0.1) is 37.0 Å². The van der Waals surface area contributed by atoms with Crippen molar-refractivity contribution >= 4 is 25.0 Å². The number of hydrogen-bond acceptors (Lipinski definition) is 4. The van der Waals surface area contributed by atoms with Crippen molar-refractivity contribution in [1.29, 1.82) is 0 Å². The van der Waals surface area contributed by atoms with E-state index in [1.165, 1.54) is 16.7 Å². The third-order valence-electron chi connectivity index (χ3n) is 14.2. The zero-order valence-corrected chi connectivity index (χ0v) is 39.8. The zero-order valence-electron chi connectivity index (χ0n) is 36.8. The van der Waals surface area contributed by atoms with E-state index < -0.39 is 25.0 Å². The van der Waals surface area contributed by atoms with E-state index in [0.717, 1.165) is 30.8 Å². The number of benzene rings is 1. The Balaban J connectivity index is 2.74. The summed E-state index contributed by atoms with van der Waals surface area (Å²) in [6, 6.07) is 2.23. The minimum absolute atomic E-state index is 0.0682. The molecule has 7 heteroatoms. The van der Waals surface area contributed by atoms with E-state index in [0.29, 0.717) is 23.9 Å². The van der Waals surface area contributed by atoms with Gasteiger partial charge in [0.05, 0.1) is 18.3 Å². The molecule has 1 unspecified atom stereocenters. The summed E-state index contributed by atoms with van der Waals surface area (Å²) >= 11 is 0. The summed E-state index contributed by atoms with van der Waals surface area (Å²) in [6.45, 7) is 54.2. The van der Waals surface area contributed by atoms with Gasteiger partial charge in [0.1, 0.15) is 11.5 Å². The summed E-state index contributed by atoms with van der Waals surface area (Å²) in [5.41, 5.74) is 3.97. The first-order chi connectivity index (χ1) is 21.7. The van der Waals surface area contributed by atoms with Crippen LogP contribution in [0.25, 0.3) is 0 Å². The second kappa shape index (κ2) is 15.0. The van der Waals surface area contributed by atoms with Crippen LogP contribution in [-0.4, -0.2) is 43.3 Å². The van der Waals surface area contributed by atoms with Gasteiger partial charge < -0.3 is 18.0 Å². The van der Waals surface area contributed by atoms with E-state index in [9.17, 15) is 0 Å². The molecule has 1 saturated heterocycles. The number of hydrogen-bond donors (Lipinski definition) is 0. The summed E-state index contributed by atoms with van der Waals surface area (Å²) in [5.74, 6) is 3.40. The molecule has 1 aromatic rings. The monoisotopic (exact) mass is 735 g/mol. The van der Waals surface area contributed by atoms with Crippen LogP contribution >= 0.6 is 0 Å². The normalized spacial score (nSPS) is 23.2. The molecule has 0 bridgehead atoms. The summed E-state index contributed by atoms with van der Waals surface area (Å²) in [5, 5.41) is 0.293. The van der Waals surface area contributed by atoms with Gasteiger partial charge in [-0.25, -0.2) is 0 Å². The summed E-state index contributed by atoms with van der Waals surface area (Å²) in [7, 11) is -6.32. The van der Waals surface area contributed by atoms with Crippen molar-refractivity contribution in [3.05, 3.63) is 22.8 Å². The minimum atomic E-state index is -2.11. The lowest BCUT2D eigenvalue weighted by molar-refractivity contribution is -0.147. The molecule has 4 nitrogen and oxygen atoms in total. The molecule has 0 radical (unpaired) electrons. The van der Waals surface area contributed by atoms with Gasteiger partial charge >= 0.3 is 0 Å². The van der Waals surface area contributed by atoms with Crippen LogP contribution in [0.15, 0.2) is 6.07 Å². The first-order valence-corrected chi connectivity index (χ1v) is 28.2. The Kier molecular flexibility index (Phi) is 13.7. The molecule has 2 rings (SSSR count). The van der Waals surface area contributed by atoms with E-state index in [4.69, 9.17) is 18.0 Å². The standard InChI is InChI=1S/C42H82O4Si3/c1-28(24-38-42(16,17)29(2)25-30(3)43-38)31(4)35(44-47(18,19)39(7,8)9)26-34-32(5)36(45-48(20,21)40(10,11)12)27-37(33(34)6)46-49(22,23)41(13,14)15/h27-31,35,38H,24-26H2,1-23H3/t28-,29+,30?,31+,35+,38+/m0/s1. The molecule has 0 aliphatic carbocycles. The van der Waals surface area contributed by atoms with Crippen LogP contribution < -0.4 is 8.85 Å². The number of rotatable bonds is 12. The molecular formula is C42H82O4Si3. The third-order valence-corrected chi connectivity index (χ3v) is 27.3. The van der Waals surface area contributed by atoms with Crippen LogP contribution in [0.4, 0.5) is 0 Å². The van der Waals surface area contributed by atoms with E-state index in [1.807, 2.05) is 0 Å². The third kappa shape index (κ3) is 10.3. The molecule has 0 aromatic heterocycles. The fourth-order valence-electron chi connectivity index (χ4n) is 6.29. The maximum Gasteiger partial charge on any atom is 0.250 e. The van der Waals surface area contributed by atoms with E-state index in [-0.39, 0.29) is 32.7 Å². The molecule has 1 aliphatic rings.